The van der Waals surface area contributed by atoms with Gasteiger partial charge >= 0.3 is 0 Å². The van der Waals surface area contributed by atoms with Crippen molar-refractivity contribution in [1.82, 2.24) is 20.2 Å². The zero-order valence-electron chi connectivity index (χ0n) is 21.0. The molecule has 4 aliphatic rings. The SMILES string of the molecule is CCC[C@@]1(O)CC[C@H]2[C@H](CC[C@@H]3[C@@H]2CC[C@]2(C)[C@@H]([C@@H](C)Cn4nnc(CC)n4)CC[C@@H]32)C1. The molecule has 0 radical (unpaired) electrons. The third kappa shape index (κ3) is 3.84. The van der Waals surface area contributed by atoms with Crippen LogP contribution in [0.3, 0.4) is 0 Å². The largest absolute Gasteiger partial charge is 0.390 e. The van der Waals surface area contributed by atoms with E-state index < -0.39 is 0 Å². The fourth-order valence-corrected chi connectivity index (χ4v) is 9.51. The molecule has 0 spiro atoms. The summed E-state index contributed by atoms with van der Waals surface area (Å²) in [6.07, 6.45) is 14.8. The van der Waals surface area contributed by atoms with E-state index in [0.29, 0.717) is 11.3 Å². The smallest absolute Gasteiger partial charge is 0.174 e. The van der Waals surface area contributed by atoms with Crippen molar-refractivity contribution in [3.05, 3.63) is 5.82 Å². The maximum atomic E-state index is 11.1. The van der Waals surface area contributed by atoms with Gasteiger partial charge in [0.05, 0.1) is 12.1 Å². The van der Waals surface area contributed by atoms with E-state index in [1.807, 2.05) is 4.80 Å². The molecule has 4 aliphatic carbocycles. The van der Waals surface area contributed by atoms with Crippen LogP contribution in [-0.2, 0) is 13.0 Å². The lowest BCUT2D eigenvalue weighted by Crippen LogP contribution is -2.51. The van der Waals surface area contributed by atoms with Gasteiger partial charge in [-0.25, -0.2) is 0 Å². The Morgan fingerprint density at radius 1 is 1.03 bits per heavy atom. The van der Waals surface area contributed by atoms with Crippen LogP contribution >= 0.6 is 0 Å². The van der Waals surface area contributed by atoms with Crippen molar-refractivity contribution < 1.29 is 5.11 Å². The molecule has 4 fully saturated rings. The molecule has 1 aromatic rings. The van der Waals surface area contributed by atoms with Gasteiger partial charge in [-0.15, -0.1) is 10.2 Å². The molecule has 0 bridgehead atoms. The first-order chi connectivity index (χ1) is 15.4. The van der Waals surface area contributed by atoms with Gasteiger partial charge in [-0.1, -0.05) is 34.1 Å². The van der Waals surface area contributed by atoms with Gasteiger partial charge in [0.1, 0.15) is 0 Å². The summed E-state index contributed by atoms with van der Waals surface area (Å²) in [5.74, 6) is 6.69. The third-order valence-electron chi connectivity index (χ3n) is 10.8. The van der Waals surface area contributed by atoms with Crippen molar-refractivity contribution in [3.8, 4) is 0 Å². The summed E-state index contributed by atoms with van der Waals surface area (Å²) in [7, 11) is 0. The van der Waals surface area contributed by atoms with Gasteiger partial charge in [0, 0.05) is 6.42 Å². The van der Waals surface area contributed by atoms with Crippen LogP contribution in [0.1, 0.15) is 104 Å². The summed E-state index contributed by atoms with van der Waals surface area (Å²) >= 11 is 0. The van der Waals surface area contributed by atoms with Crippen LogP contribution < -0.4 is 0 Å². The molecular weight excluding hydrogens is 396 g/mol. The average molecular weight is 443 g/mol. The molecule has 0 saturated heterocycles. The second-order valence-electron chi connectivity index (χ2n) is 12.5. The molecule has 0 aliphatic heterocycles. The minimum absolute atomic E-state index is 0.354. The zero-order chi connectivity index (χ0) is 22.5. The number of aromatic nitrogens is 4. The van der Waals surface area contributed by atoms with Crippen LogP contribution in [0.15, 0.2) is 0 Å². The minimum atomic E-state index is -0.354. The Labute approximate surface area is 195 Å². The van der Waals surface area contributed by atoms with Crippen LogP contribution in [0.25, 0.3) is 0 Å². The van der Waals surface area contributed by atoms with Gasteiger partial charge in [-0.3, -0.25) is 0 Å². The lowest BCUT2D eigenvalue weighted by molar-refractivity contribution is -0.110. The standard InChI is InChI=1S/C27H46N4O/c1-5-13-27(32)15-12-20-19(16-27)7-8-22-21(20)11-14-26(4)23(9-10-24(22)26)18(3)17-31-29-25(6-2)28-30-31/h18-24,32H,5-17H2,1-4H3/t18-,19+,20-,21+,22+,23+,24-,26+,27+/m0/s1. The molecule has 9 atom stereocenters. The van der Waals surface area contributed by atoms with E-state index in [0.717, 1.165) is 80.0 Å². The van der Waals surface area contributed by atoms with E-state index in [2.05, 4.69) is 43.1 Å². The van der Waals surface area contributed by atoms with Crippen molar-refractivity contribution >= 4 is 0 Å². The number of aryl methyl sites for hydroxylation is 1. The molecular formula is C27H46N4O. The zero-order valence-corrected chi connectivity index (χ0v) is 21.0. The predicted octanol–water partition coefficient (Wildman–Crippen LogP) is 5.67. The monoisotopic (exact) mass is 442 g/mol. The summed E-state index contributed by atoms with van der Waals surface area (Å²) in [6, 6.07) is 0. The van der Waals surface area contributed by atoms with E-state index in [1.165, 1.54) is 44.9 Å². The Morgan fingerprint density at radius 2 is 1.84 bits per heavy atom. The minimum Gasteiger partial charge on any atom is -0.390 e. The van der Waals surface area contributed by atoms with Crippen molar-refractivity contribution in [2.45, 2.75) is 117 Å². The molecule has 0 unspecified atom stereocenters. The first-order valence-electron chi connectivity index (χ1n) is 13.9. The number of hydrogen-bond donors (Lipinski definition) is 1. The fraction of sp³-hybridized carbons (Fsp3) is 0.963. The Balaban J connectivity index is 1.27. The molecule has 5 rings (SSSR count). The number of fused-ring (bicyclic) bond motifs is 5. The number of hydrogen-bond acceptors (Lipinski definition) is 4. The Hall–Kier alpha value is -0.970. The number of aliphatic hydroxyl groups is 1. The van der Waals surface area contributed by atoms with Crippen LogP contribution in [-0.4, -0.2) is 30.9 Å². The van der Waals surface area contributed by atoms with Gasteiger partial charge < -0.3 is 5.11 Å². The highest BCUT2D eigenvalue weighted by atomic mass is 16.3. The highest BCUT2D eigenvalue weighted by Crippen LogP contribution is 2.65. The highest BCUT2D eigenvalue weighted by Gasteiger charge is 2.58. The van der Waals surface area contributed by atoms with Gasteiger partial charge in [0.2, 0.25) is 0 Å². The summed E-state index contributed by atoms with van der Waals surface area (Å²) in [6.45, 7) is 10.3. The Kier molecular flexibility index (Phi) is 6.18. The molecule has 0 amide bonds. The van der Waals surface area contributed by atoms with Crippen LogP contribution in [0.2, 0.25) is 0 Å². The summed E-state index contributed by atoms with van der Waals surface area (Å²) in [5.41, 5.74) is 0.131. The first kappa shape index (κ1) is 22.8. The molecule has 1 aromatic heterocycles. The van der Waals surface area contributed by atoms with Gasteiger partial charge in [-0.05, 0) is 116 Å². The third-order valence-corrected chi connectivity index (χ3v) is 10.8. The number of tetrazole rings is 1. The van der Waals surface area contributed by atoms with Gasteiger partial charge in [-0.2, -0.15) is 4.80 Å². The molecule has 5 heteroatoms. The van der Waals surface area contributed by atoms with Crippen LogP contribution in [0.4, 0.5) is 0 Å². The molecule has 32 heavy (non-hydrogen) atoms. The van der Waals surface area contributed by atoms with Gasteiger partial charge in [0.15, 0.2) is 5.82 Å². The van der Waals surface area contributed by atoms with E-state index in [9.17, 15) is 5.11 Å². The molecule has 4 saturated carbocycles. The van der Waals surface area contributed by atoms with Crippen LogP contribution in [0, 0.1) is 46.8 Å². The van der Waals surface area contributed by atoms with E-state index >= 15 is 0 Å². The first-order valence-corrected chi connectivity index (χ1v) is 13.9. The lowest BCUT2D eigenvalue weighted by Gasteiger charge is -2.57. The van der Waals surface area contributed by atoms with Gasteiger partial charge in [0.25, 0.3) is 0 Å². The number of nitrogens with zero attached hydrogens (tertiary/aromatic N) is 4. The second-order valence-corrected chi connectivity index (χ2v) is 12.5. The molecule has 1 N–H and O–H groups in total. The molecule has 1 heterocycles. The molecule has 180 valence electrons. The number of rotatable bonds is 6. The summed E-state index contributed by atoms with van der Waals surface area (Å²) < 4.78 is 0. The van der Waals surface area contributed by atoms with E-state index in [1.54, 1.807) is 0 Å². The predicted molar refractivity (Wildman–Crippen MR) is 127 cm³/mol. The lowest BCUT2D eigenvalue weighted by atomic mass is 9.48. The summed E-state index contributed by atoms with van der Waals surface area (Å²) in [5, 5.41) is 24.2. The maximum absolute atomic E-state index is 11.1. The van der Waals surface area contributed by atoms with Crippen molar-refractivity contribution in [1.29, 1.82) is 0 Å². The Bertz CT molecular complexity index is 794. The highest BCUT2D eigenvalue weighted by molar-refractivity contribution is 5.07. The van der Waals surface area contributed by atoms with E-state index in [4.69, 9.17) is 0 Å². The van der Waals surface area contributed by atoms with Crippen molar-refractivity contribution in [2.24, 2.45) is 46.8 Å². The molecule has 5 nitrogen and oxygen atoms in total. The van der Waals surface area contributed by atoms with Crippen molar-refractivity contribution in [3.63, 3.8) is 0 Å². The maximum Gasteiger partial charge on any atom is 0.174 e. The normalized spacial score (nSPS) is 44.5. The Morgan fingerprint density at radius 3 is 2.59 bits per heavy atom. The topological polar surface area (TPSA) is 63.8 Å². The fourth-order valence-electron chi connectivity index (χ4n) is 9.51. The quantitative estimate of drug-likeness (QED) is 0.616. The summed E-state index contributed by atoms with van der Waals surface area (Å²) in [4.78, 5) is 1.86. The average Bonchev–Trinajstić information content (AvgIpc) is 3.36. The van der Waals surface area contributed by atoms with Crippen LogP contribution in [0.5, 0.6) is 0 Å². The van der Waals surface area contributed by atoms with E-state index in [-0.39, 0.29) is 5.60 Å². The molecule has 0 aromatic carbocycles. The van der Waals surface area contributed by atoms with Crippen molar-refractivity contribution in [2.75, 3.05) is 0 Å². The second kappa shape index (κ2) is 8.67.